The third-order valence-corrected chi connectivity index (χ3v) is 4.03. The molecule has 1 N–H and O–H groups in total. The number of carbonyl (C=O) groups excluding carboxylic acids is 1. The van der Waals surface area contributed by atoms with Crippen LogP contribution in [-0.2, 0) is 0 Å². The largest absolute Gasteiger partial charge is 0.436 e. The Kier molecular flexibility index (Phi) is 3.97. The number of carbonyl (C=O) groups is 1. The molecule has 0 aliphatic rings. The van der Waals surface area contributed by atoms with Gasteiger partial charge >= 0.3 is 0 Å². The van der Waals surface area contributed by atoms with Crippen molar-refractivity contribution in [2.75, 3.05) is 5.32 Å². The number of aryl methyl sites for hydroxylation is 1. The number of halogens is 1. The second kappa shape index (κ2) is 6.44. The first-order valence-electron chi connectivity index (χ1n) is 8.13. The van der Waals surface area contributed by atoms with Crippen LogP contribution in [0.4, 0.5) is 10.1 Å². The first-order valence-corrected chi connectivity index (χ1v) is 8.13. The zero-order chi connectivity index (χ0) is 18.1. The summed E-state index contributed by atoms with van der Waals surface area (Å²) in [5.41, 5.74) is 4.13. The van der Waals surface area contributed by atoms with Crippen LogP contribution in [0.2, 0.25) is 0 Å². The van der Waals surface area contributed by atoms with Crippen LogP contribution in [0.3, 0.4) is 0 Å². The van der Waals surface area contributed by atoms with Gasteiger partial charge in [-0.2, -0.15) is 0 Å². The number of benzene rings is 3. The summed E-state index contributed by atoms with van der Waals surface area (Å²) in [6, 6.07) is 18.6. The average Bonchev–Trinajstić information content (AvgIpc) is 3.05. The summed E-state index contributed by atoms with van der Waals surface area (Å²) in [4.78, 5) is 16.7. The third kappa shape index (κ3) is 3.19. The van der Waals surface area contributed by atoms with Crippen molar-refractivity contribution in [3.63, 3.8) is 0 Å². The highest BCUT2D eigenvalue weighted by molar-refractivity contribution is 6.04. The minimum Gasteiger partial charge on any atom is -0.436 e. The first kappa shape index (κ1) is 16.0. The number of aromatic nitrogens is 1. The number of oxazole rings is 1. The highest BCUT2D eigenvalue weighted by Crippen LogP contribution is 2.26. The number of fused-ring (bicyclic) bond motifs is 1. The van der Waals surface area contributed by atoms with Gasteiger partial charge in [-0.3, -0.25) is 4.79 Å². The van der Waals surface area contributed by atoms with Crippen LogP contribution >= 0.6 is 0 Å². The van der Waals surface area contributed by atoms with E-state index < -0.39 is 5.82 Å². The van der Waals surface area contributed by atoms with Crippen molar-refractivity contribution < 1.29 is 13.6 Å². The Labute approximate surface area is 149 Å². The van der Waals surface area contributed by atoms with Gasteiger partial charge in [0.25, 0.3) is 5.91 Å². The van der Waals surface area contributed by atoms with Crippen LogP contribution in [0, 0.1) is 12.7 Å². The number of nitrogens with zero attached hydrogens (tertiary/aromatic N) is 1. The summed E-state index contributed by atoms with van der Waals surface area (Å²) < 4.78 is 19.0. The molecule has 0 bridgehead atoms. The number of anilines is 1. The van der Waals surface area contributed by atoms with Crippen LogP contribution in [0.15, 0.2) is 71.1 Å². The Morgan fingerprint density at radius 1 is 1.04 bits per heavy atom. The molecule has 1 amide bonds. The van der Waals surface area contributed by atoms with Crippen LogP contribution < -0.4 is 5.32 Å². The lowest BCUT2D eigenvalue weighted by atomic mass is 10.1. The summed E-state index contributed by atoms with van der Waals surface area (Å²) in [5, 5.41) is 2.75. The van der Waals surface area contributed by atoms with Gasteiger partial charge in [-0.05, 0) is 55.5 Å². The molecular weight excluding hydrogens is 331 g/mol. The lowest BCUT2D eigenvalue weighted by molar-refractivity contribution is 0.102. The third-order valence-electron chi connectivity index (χ3n) is 4.03. The first-order chi connectivity index (χ1) is 12.6. The molecule has 0 aliphatic heterocycles. The number of hydrogen-bond acceptors (Lipinski definition) is 3. The fourth-order valence-corrected chi connectivity index (χ4v) is 2.66. The second-order valence-electron chi connectivity index (χ2n) is 6.03. The van der Waals surface area contributed by atoms with Gasteiger partial charge in [0.2, 0.25) is 5.89 Å². The molecule has 1 aromatic heterocycles. The van der Waals surface area contributed by atoms with Crippen molar-refractivity contribution in [3.8, 4) is 11.5 Å². The van der Waals surface area contributed by atoms with Crippen molar-refractivity contribution in [2.24, 2.45) is 0 Å². The van der Waals surface area contributed by atoms with E-state index in [1.807, 2.05) is 31.2 Å². The molecule has 0 saturated heterocycles. The fraction of sp³-hybridized carbons (Fsp3) is 0.0476. The SMILES string of the molecule is Cc1ccc(-c2nc3cc(NC(=O)c4cccc(F)c4)ccc3o2)cc1. The molecule has 3 aromatic carbocycles. The Hall–Kier alpha value is -3.47. The van der Waals surface area contributed by atoms with Crippen LogP contribution in [0.25, 0.3) is 22.6 Å². The monoisotopic (exact) mass is 346 g/mol. The standard InChI is InChI=1S/C21H15FN2O2/c1-13-5-7-14(8-6-13)21-24-18-12-17(9-10-19(18)26-21)23-20(25)15-3-2-4-16(22)11-15/h2-12H,1H3,(H,23,25). The molecule has 4 nitrogen and oxygen atoms in total. The number of rotatable bonds is 3. The molecule has 4 rings (SSSR count). The molecule has 4 aromatic rings. The fourth-order valence-electron chi connectivity index (χ4n) is 2.66. The quantitative estimate of drug-likeness (QED) is 0.555. The van der Waals surface area contributed by atoms with E-state index in [9.17, 15) is 9.18 Å². The molecule has 0 atom stereocenters. The molecule has 0 fully saturated rings. The summed E-state index contributed by atoms with van der Waals surface area (Å²) in [5.74, 6) is -0.313. The molecule has 0 spiro atoms. The van der Waals surface area contributed by atoms with Gasteiger partial charge in [0, 0.05) is 16.8 Å². The molecule has 128 valence electrons. The Morgan fingerprint density at radius 2 is 1.85 bits per heavy atom. The van der Waals surface area contributed by atoms with Crippen molar-refractivity contribution in [3.05, 3.63) is 83.7 Å². The molecule has 1 heterocycles. The lowest BCUT2D eigenvalue weighted by Gasteiger charge is -2.04. The maximum Gasteiger partial charge on any atom is 0.255 e. The molecule has 0 radical (unpaired) electrons. The summed E-state index contributed by atoms with van der Waals surface area (Å²) >= 11 is 0. The number of hydrogen-bond donors (Lipinski definition) is 1. The predicted octanol–water partition coefficient (Wildman–Crippen LogP) is 5.19. The van der Waals surface area contributed by atoms with E-state index in [-0.39, 0.29) is 11.5 Å². The van der Waals surface area contributed by atoms with Crippen molar-refractivity contribution in [1.82, 2.24) is 4.98 Å². The molecule has 0 unspecified atom stereocenters. The highest BCUT2D eigenvalue weighted by atomic mass is 19.1. The van der Waals surface area contributed by atoms with E-state index in [2.05, 4.69) is 10.3 Å². The van der Waals surface area contributed by atoms with E-state index in [0.717, 1.165) is 11.1 Å². The van der Waals surface area contributed by atoms with Crippen molar-refractivity contribution in [1.29, 1.82) is 0 Å². The Bertz CT molecular complexity index is 1100. The average molecular weight is 346 g/mol. The predicted molar refractivity (Wildman–Crippen MR) is 98.5 cm³/mol. The van der Waals surface area contributed by atoms with Crippen LogP contribution in [-0.4, -0.2) is 10.9 Å². The van der Waals surface area contributed by atoms with Gasteiger partial charge in [0.1, 0.15) is 11.3 Å². The van der Waals surface area contributed by atoms with Crippen LogP contribution in [0.1, 0.15) is 15.9 Å². The smallest absolute Gasteiger partial charge is 0.255 e. The summed E-state index contributed by atoms with van der Waals surface area (Å²) in [6.07, 6.45) is 0. The minimum atomic E-state index is -0.452. The van der Waals surface area contributed by atoms with Gasteiger partial charge in [0.15, 0.2) is 5.58 Å². The molecular formula is C21H15FN2O2. The van der Waals surface area contributed by atoms with Gasteiger partial charge in [-0.25, -0.2) is 9.37 Å². The minimum absolute atomic E-state index is 0.255. The van der Waals surface area contributed by atoms with E-state index in [1.54, 1.807) is 24.3 Å². The van der Waals surface area contributed by atoms with Gasteiger partial charge in [-0.1, -0.05) is 23.8 Å². The zero-order valence-electron chi connectivity index (χ0n) is 14.0. The topological polar surface area (TPSA) is 55.1 Å². The maximum atomic E-state index is 13.3. The lowest BCUT2D eigenvalue weighted by Crippen LogP contribution is -2.11. The summed E-state index contributed by atoms with van der Waals surface area (Å²) in [6.45, 7) is 2.02. The summed E-state index contributed by atoms with van der Waals surface area (Å²) in [7, 11) is 0. The number of nitrogens with one attached hydrogen (secondary N) is 1. The van der Waals surface area contributed by atoms with Crippen molar-refractivity contribution >= 4 is 22.7 Å². The Balaban J connectivity index is 1.61. The van der Waals surface area contributed by atoms with Gasteiger partial charge < -0.3 is 9.73 Å². The highest BCUT2D eigenvalue weighted by Gasteiger charge is 2.11. The molecule has 5 heteroatoms. The van der Waals surface area contributed by atoms with Crippen LogP contribution in [0.5, 0.6) is 0 Å². The van der Waals surface area contributed by atoms with E-state index in [1.165, 1.54) is 18.2 Å². The Morgan fingerprint density at radius 3 is 2.62 bits per heavy atom. The van der Waals surface area contributed by atoms with Gasteiger partial charge in [-0.15, -0.1) is 0 Å². The number of amides is 1. The van der Waals surface area contributed by atoms with E-state index >= 15 is 0 Å². The maximum absolute atomic E-state index is 13.3. The van der Waals surface area contributed by atoms with Crippen molar-refractivity contribution in [2.45, 2.75) is 6.92 Å². The van der Waals surface area contributed by atoms with E-state index in [0.29, 0.717) is 22.7 Å². The van der Waals surface area contributed by atoms with E-state index in [4.69, 9.17) is 4.42 Å². The van der Waals surface area contributed by atoms with Gasteiger partial charge in [0.05, 0.1) is 0 Å². The normalized spacial score (nSPS) is 10.8. The zero-order valence-corrected chi connectivity index (χ0v) is 14.0. The molecule has 0 saturated carbocycles. The second-order valence-corrected chi connectivity index (χ2v) is 6.03. The molecule has 0 aliphatic carbocycles. The molecule has 26 heavy (non-hydrogen) atoms.